The second-order valence-electron chi connectivity index (χ2n) is 4.35. The highest BCUT2D eigenvalue weighted by molar-refractivity contribution is 5.86. The molecular formula is C14H18N2O3. The van der Waals surface area contributed by atoms with Gasteiger partial charge in [-0.2, -0.15) is 0 Å². The van der Waals surface area contributed by atoms with E-state index in [-0.39, 0.29) is 5.56 Å². The van der Waals surface area contributed by atoms with Crippen LogP contribution in [0.2, 0.25) is 0 Å². The van der Waals surface area contributed by atoms with E-state index < -0.39 is 0 Å². The Labute approximate surface area is 111 Å². The number of rotatable bonds is 4. The Bertz CT molecular complexity index is 662. The predicted molar refractivity (Wildman–Crippen MR) is 75.2 cm³/mol. The van der Waals surface area contributed by atoms with Crippen molar-refractivity contribution >= 4 is 10.9 Å². The Morgan fingerprint density at radius 1 is 1.21 bits per heavy atom. The summed E-state index contributed by atoms with van der Waals surface area (Å²) in [5.74, 6) is 1.24. The van der Waals surface area contributed by atoms with Crippen molar-refractivity contribution in [2.45, 2.75) is 13.3 Å². The molecule has 0 atom stereocenters. The van der Waals surface area contributed by atoms with Gasteiger partial charge in [0.25, 0.3) is 5.56 Å². The molecule has 0 aliphatic rings. The number of fused-ring (bicyclic) bond motifs is 1. The summed E-state index contributed by atoms with van der Waals surface area (Å²) in [6.07, 6.45) is 0.561. The molecule has 2 rings (SSSR count). The first-order valence-electron chi connectivity index (χ1n) is 6.10. The molecule has 0 fully saturated rings. The molecule has 2 aromatic rings. The molecule has 1 aromatic carbocycles. The number of H-pyrrole nitrogens is 1. The lowest BCUT2D eigenvalue weighted by molar-refractivity contribution is 0.355. The molecule has 0 saturated carbocycles. The summed E-state index contributed by atoms with van der Waals surface area (Å²) in [6, 6.07) is 3.65. The maximum absolute atomic E-state index is 12.0. The van der Waals surface area contributed by atoms with Crippen LogP contribution < -0.4 is 20.8 Å². The molecule has 102 valence electrons. The van der Waals surface area contributed by atoms with Gasteiger partial charge in [-0.15, -0.1) is 0 Å². The molecule has 3 N–H and O–H groups in total. The molecule has 0 aliphatic heterocycles. The van der Waals surface area contributed by atoms with Crippen LogP contribution in [0.5, 0.6) is 11.5 Å². The first kappa shape index (κ1) is 13.4. The Kier molecular flexibility index (Phi) is 3.76. The van der Waals surface area contributed by atoms with E-state index in [1.165, 1.54) is 0 Å². The SMILES string of the molecule is COc1cc2[nH]c(=O)c(CCN)c(C)c2cc1OC. The Balaban J connectivity index is 2.78. The van der Waals surface area contributed by atoms with Crippen molar-refractivity contribution in [3.63, 3.8) is 0 Å². The maximum Gasteiger partial charge on any atom is 0.251 e. The molecule has 0 aliphatic carbocycles. The number of aryl methyl sites for hydroxylation is 1. The molecule has 1 aromatic heterocycles. The molecular weight excluding hydrogens is 244 g/mol. The highest BCUT2D eigenvalue weighted by Crippen LogP contribution is 2.32. The second-order valence-corrected chi connectivity index (χ2v) is 4.35. The molecule has 19 heavy (non-hydrogen) atoms. The van der Waals surface area contributed by atoms with Gasteiger partial charge in [0.2, 0.25) is 0 Å². The molecule has 0 unspecified atom stereocenters. The van der Waals surface area contributed by atoms with Crippen LogP contribution in [-0.2, 0) is 6.42 Å². The third kappa shape index (κ3) is 2.29. The van der Waals surface area contributed by atoms with Gasteiger partial charge < -0.3 is 20.2 Å². The minimum absolute atomic E-state index is 0.0948. The minimum Gasteiger partial charge on any atom is -0.493 e. The number of benzene rings is 1. The number of aromatic amines is 1. The molecule has 0 spiro atoms. The average molecular weight is 262 g/mol. The van der Waals surface area contributed by atoms with Crippen molar-refractivity contribution in [2.24, 2.45) is 5.73 Å². The normalized spacial score (nSPS) is 10.7. The number of ether oxygens (including phenoxy) is 2. The monoisotopic (exact) mass is 262 g/mol. The highest BCUT2D eigenvalue weighted by Gasteiger charge is 2.12. The van der Waals surface area contributed by atoms with E-state index >= 15 is 0 Å². The van der Waals surface area contributed by atoms with Crippen LogP contribution in [0.3, 0.4) is 0 Å². The van der Waals surface area contributed by atoms with E-state index in [4.69, 9.17) is 15.2 Å². The van der Waals surface area contributed by atoms with E-state index in [2.05, 4.69) is 4.98 Å². The van der Waals surface area contributed by atoms with Crippen LogP contribution in [-0.4, -0.2) is 25.7 Å². The van der Waals surface area contributed by atoms with Gasteiger partial charge in [-0.3, -0.25) is 4.79 Å². The number of aromatic nitrogens is 1. The van der Waals surface area contributed by atoms with Gasteiger partial charge in [-0.1, -0.05) is 0 Å². The summed E-state index contributed by atoms with van der Waals surface area (Å²) in [7, 11) is 3.16. The summed E-state index contributed by atoms with van der Waals surface area (Å²) >= 11 is 0. The fraction of sp³-hybridized carbons (Fsp3) is 0.357. The molecule has 0 amide bonds. The highest BCUT2D eigenvalue weighted by atomic mass is 16.5. The smallest absolute Gasteiger partial charge is 0.251 e. The third-order valence-corrected chi connectivity index (χ3v) is 3.30. The third-order valence-electron chi connectivity index (χ3n) is 3.30. The minimum atomic E-state index is -0.0948. The molecule has 0 radical (unpaired) electrons. The zero-order chi connectivity index (χ0) is 14.0. The van der Waals surface area contributed by atoms with Crippen molar-refractivity contribution in [2.75, 3.05) is 20.8 Å². The van der Waals surface area contributed by atoms with Crippen LogP contribution in [0.4, 0.5) is 0 Å². The second kappa shape index (κ2) is 5.32. The van der Waals surface area contributed by atoms with Gasteiger partial charge >= 0.3 is 0 Å². The van der Waals surface area contributed by atoms with Gasteiger partial charge in [0.05, 0.1) is 19.7 Å². The summed E-state index contributed by atoms with van der Waals surface area (Å²) in [4.78, 5) is 14.9. The Morgan fingerprint density at radius 2 is 1.84 bits per heavy atom. The first-order valence-corrected chi connectivity index (χ1v) is 6.10. The van der Waals surface area contributed by atoms with Crippen LogP contribution in [0.1, 0.15) is 11.1 Å². The number of methoxy groups -OCH3 is 2. The first-order chi connectivity index (χ1) is 9.12. The zero-order valence-electron chi connectivity index (χ0n) is 11.4. The van der Waals surface area contributed by atoms with Crippen LogP contribution in [0.25, 0.3) is 10.9 Å². The lowest BCUT2D eigenvalue weighted by Gasteiger charge is -2.12. The number of hydrogen-bond acceptors (Lipinski definition) is 4. The maximum atomic E-state index is 12.0. The molecule has 5 nitrogen and oxygen atoms in total. The van der Waals surface area contributed by atoms with Gasteiger partial charge in [0.15, 0.2) is 11.5 Å². The number of hydrogen-bond donors (Lipinski definition) is 2. The van der Waals surface area contributed by atoms with Gasteiger partial charge in [0.1, 0.15) is 0 Å². The van der Waals surface area contributed by atoms with Crippen molar-refractivity contribution < 1.29 is 9.47 Å². The molecule has 5 heteroatoms. The van der Waals surface area contributed by atoms with Gasteiger partial charge in [-0.25, -0.2) is 0 Å². The summed E-state index contributed by atoms with van der Waals surface area (Å²) in [5, 5.41) is 0.945. The summed E-state index contributed by atoms with van der Waals surface area (Å²) in [5.41, 5.74) is 7.85. The van der Waals surface area contributed by atoms with Crippen molar-refractivity contribution in [3.05, 3.63) is 33.6 Å². The van der Waals surface area contributed by atoms with E-state index in [1.807, 2.05) is 13.0 Å². The van der Waals surface area contributed by atoms with E-state index in [9.17, 15) is 4.79 Å². The predicted octanol–water partition coefficient (Wildman–Crippen LogP) is 1.35. The Morgan fingerprint density at radius 3 is 2.42 bits per heavy atom. The number of nitrogens with two attached hydrogens (primary N) is 1. The van der Waals surface area contributed by atoms with Crippen molar-refractivity contribution in [3.8, 4) is 11.5 Å². The summed E-state index contributed by atoms with van der Waals surface area (Å²) < 4.78 is 10.5. The van der Waals surface area contributed by atoms with Crippen LogP contribution in [0, 0.1) is 6.92 Å². The van der Waals surface area contributed by atoms with Crippen LogP contribution in [0.15, 0.2) is 16.9 Å². The molecule has 0 saturated heterocycles. The number of pyridine rings is 1. The topological polar surface area (TPSA) is 77.3 Å². The zero-order valence-corrected chi connectivity index (χ0v) is 11.4. The fourth-order valence-corrected chi connectivity index (χ4v) is 2.27. The standard InChI is InChI=1S/C14H18N2O3/c1-8-9(4-5-15)14(17)16-11-7-13(19-3)12(18-2)6-10(8)11/h6-7H,4-5,15H2,1-3H3,(H,16,17). The van der Waals surface area contributed by atoms with E-state index in [1.54, 1.807) is 20.3 Å². The number of nitrogens with one attached hydrogen (secondary N) is 1. The molecule has 0 bridgehead atoms. The Hall–Kier alpha value is -2.01. The quantitative estimate of drug-likeness (QED) is 0.872. The van der Waals surface area contributed by atoms with E-state index in [0.717, 1.165) is 22.0 Å². The fourth-order valence-electron chi connectivity index (χ4n) is 2.27. The average Bonchev–Trinajstić information content (AvgIpc) is 2.42. The van der Waals surface area contributed by atoms with Crippen molar-refractivity contribution in [1.82, 2.24) is 4.98 Å². The van der Waals surface area contributed by atoms with Crippen LogP contribution >= 0.6 is 0 Å². The van der Waals surface area contributed by atoms with Crippen molar-refractivity contribution in [1.29, 1.82) is 0 Å². The summed E-state index contributed by atoms with van der Waals surface area (Å²) in [6.45, 7) is 2.37. The lowest BCUT2D eigenvalue weighted by Crippen LogP contribution is -2.18. The van der Waals surface area contributed by atoms with Gasteiger partial charge in [-0.05, 0) is 31.5 Å². The van der Waals surface area contributed by atoms with E-state index in [0.29, 0.717) is 24.5 Å². The largest absolute Gasteiger partial charge is 0.493 e. The molecule has 1 heterocycles. The van der Waals surface area contributed by atoms with Gasteiger partial charge in [0, 0.05) is 17.0 Å². The lowest BCUT2D eigenvalue weighted by atomic mass is 10.0.